The Hall–Kier alpha value is -1.11. The molecule has 0 spiro atoms. The van der Waals surface area contributed by atoms with E-state index in [-0.39, 0.29) is 0 Å². The van der Waals surface area contributed by atoms with E-state index in [0.717, 1.165) is 17.9 Å². The summed E-state index contributed by atoms with van der Waals surface area (Å²) in [6, 6.07) is 5.07. The summed E-state index contributed by atoms with van der Waals surface area (Å²) >= 11 is 0. The maximum absolute atomic E-state index is 12.6. The lowest BCUT2D eigenvalue weighted by atomic mass is 10.2. The number of nitrogens with one attached hydrogen (secondary N) is 1. The first-order chi connectivity index (χ1) is 10.0. The predicted molar refractivity (Wildman–Crippen MR) is 85.1 cm³/mol. The zero-order chi connectivity index (χ0) is 15.9. The molecule has 0 aliphatic heterocycles. The van der Waals surface area contributed by atoms with E-state index in [2.05, 4.69) is 5.32 Å². The molecule has 1 N–H and O–H groups in total. The minimum atomic E-state index is -3.43. The van der Waals surface area contributed by atoms with E-state index in [1.54, 1.807) is 18.2 Å². The van der Waals surface area contributed by atoms with E-state index in [9.17, 15) is 8.42 Å². The van der Waals surface area contributed by atoms with Gasteiger partial charge in [-0.15, -0.1) is 0 Å². The third-order valence-corrected chi connectivity index (χ3v) is 5.29. The van der Waals surface area contributed by atoms with E-state index in [0.29, 0.717) is 31.1 Å². The fourth-order valence-corrected chi connectivity index (χ4v) is 3.63. The second-order valence-corrected chi connectivity index (χ2v) is 6.51. The Bertz CT molecular complexity index is 540. The standard InChI is InChI=1S/C15H26N2O3S/c1-5-16-12-13-11-14(9-10-15(13)20-8-4)21(18,19)17(6-2)7-3/h9-11,16H,5-8,12H2,1-4H3. The second kappa shape index (κ2) is 8.36. The first-order valence-corrected chi connectivity index (χ1v) is 8.91. The van der Waals surface area contributed by atoms with Gasteiger partial charge in [0.15, 0.2) is 0 Å². The molecule has 0 amide bonds. The minimum absolute atomic E-state index is 0.322. The number of hydrogen-bond donors (Lipinski definition) is 1. The van der Waals surface area contributed by atoms with Crippen molar-refractivity contribution in [3.05, 3.63) is 23.8 Å². The maximum atomic E-state index is 12.6. The molecular weight excluding hydrogens is 288 g/mol. The molecule has 0 atom stereocenters. The highest BCUT2D eigenvalue weighted by atomic mass is 32.2. The number of sulfonamides is 1. The molecule has 5 nitrogen and oxygen atoms in total. The summed E-state index contributed by atoms with van der Waals surface area (Å²) in [5, 5.41) is 3.21. The van der Waals surface area contributed by atoms with E-state index in [1.807, 2.05) is 27.7 Å². The van der Waals surface area contributed by atoms with Gasteiger partial charge in [0, 0.05) is 25.2 Å². The molecule has 0 heterocycles. The Morgan fingerprint density at radius 1 is 1.14 bits per heavy atom. The van der Waals surface area contributed by atoms with Crippen molar-refractivity contribution in [3.63, 3.8) is 0 Å². The van der Waals surface area contributed by atoms with Crippen molar-refractivity contribution in [1.29, 1.82) is 0 Å². The summed E-state index contributed by atoms with van der Waals surface area (Å²) in [4.78, 5) is 0.322. The molecule has 0 saturated carbocycles. The van der Waals surface area contributed by atoms with Crippen LogP contribution in [0.1, 0.15) is 33.3 Å². The van der Waals surface area contributed by atoms with Crippen LogP contribution < -0.4 is 10.1 Å². The largest absolute Gasteiger partial charge is 0.494 e. The molecule has 6 heteroatoms. The Morgan fingerprint density at radius 2 is 1.81 bits per heavy atom. The van der Waals surface area contributed by atoms with E-state index in [4.69, 9.17) is 4.74 Å². The van der Waals surface area contributed by atoms with Crippen molar-refractivity contribution in [2.75, 3.05) is 26.2 Å². The quantitative estimate of drug-likeness (QED) is 0.759. The SMILES string of the molecule is CCNCc1cc(S(=O)(=O)N(CC)CC)ccc1OCC. The van der Waals surface area contributed by atoms with E-state index < -0.39 is 10.0 Å². The Balaban J connectivity index is 3.20. The molecule has 0 aliphatic rings. The summed E-state index contributed by atoms with van der Waals surface area (Å²) in [5.41, 5.74) is 0.868. The number of ether oxygens (including phenoxy) is 1. The van der Waals surface area contributed by atoms with Crippen LogP contribution >= 0.6 is 0 Å². The minimum Gasteiger partial charge on any atom is -0.494 e. The zero-order valence-corrected chi connectivity index (χ0v) is 14.2. The van der Waals surface area contributed by atoms with Gasteiger partial charge in [-0.25, -0.2) is 8.42 Å². The molecule has 1 aromatic carbocycles. The van der Waals surface area contributed by atoms with Crippen molar-refractivity contribution in [1.82, 2.24) is 9.62 Å². The molecule has 0 fully saturated rings. The monoisotopic (exact) mass is 314 g/mol. The van der Waals surface area contributed by atoms with Crippen molar-refractivity contribution >= 4 is 10.0 Å². The lowest BCUT2D eigenvalue weighted by molar-refractivity contribution is 0.335. The predicted octanol–water partition coefficient (Wildman–Crippen LogP) is 2.23. The number of hydrogen-bond acceptors (Lipinski definition) is 4. The average molecular weight is 314 g/mol. The fourth-order valence-electron chi connectivity index (χ4n) is 2.12. The topological polar surface area (TPSA) is 58.6 Å². The van der Waals surface area contributed by atoms with Crippen LogP contribution in [0, 0.1) is 0 Å². The zero-order valence-electron chi connectivity index (χ0n) is 13.3. The van der Waals surface area contributed by atoms with Crippen LogP contribution in [0.25, 0.3) is 0 Å². The number of nitrogens with zero attached hydrogens (tertiary/aromatic N) is 1. The highest BCUT2D eigenvalue weighted by Crippen LogP contribution is 2.24. The highest BCUT2D eigenvalue weighted by Gasteiger charge is 2.22. The molecular formula is C15H26N2O3S. The van der Waals surface area contributed by atoms with Gasteiger partial charge < -0.3 is 10.1 Å². The van der Waals surface area contributed by atoms with Crippen LogP contribution in [0.15, 0.2) is 23.1 Å². The smallest absolute Gasteiger partial charge is 0.243 e. The first kappa shape index (κ1) is 17.9. The third kappa shape index (κ3) is 4.43. The molecule has 21 heavy (non-hydrogen) atoms. The van der Waals surface area contributed by atoms with Gasteiger partial charge in [0.1, 0.15) is 5.75 Å². The third-order valence-electron chi connectivity index (χ3n) is 3.24. The molecule has 0 radical (unpaired) electrons. The molecule has 0 saturated heterocycles. The van der Waals surface area contributed by atoms with Crippen LogP contribution in [0.3, 0.4) is 0 Å². The molecule has 0 bridgehead atoms. The van der Waals surface area contributed by atoms with E-state index >= 15 is 0 Å². The number of benzene rings is 1. The summed E-state index contributed by atoms with van der Waals surface area (Å²) in [6.45, 7) is 10.5. The van der Waals surface area contributed by atoms with Crippen molar-refractivity contribution in [2.24, 2.45) is 0 Å². The van der Waals surface area contributed by atoms with Crippen LogP contribution in [-0.4, -0.2) is 39.0 Å². The average Bonchev–Trinajstić information content (AvgIpc) is 2.47. The van der Waals surface area contributed by atoms with Crippen molar-refractivity contribution in [3.8, 4) is 5.75 Å². The van der Waals surface area contributed by atoms with Gasteiger partial charge in [0.25, 0.3) is 0 Å². The van der Waals surface area contributed by atoms with Gasteiger partial charge in [0.05, 0.1) is 11.5 Å². The first-order valence-electron chi connectivity index (χ1n) is 7.47. The van der Waals surface area contributed by atoms with Crippen LogP contribution in [-0.2, 0) is 16.6 Å². The van der Waals surface area contributed by atoms with Crippen LogP contribution in [0.5, 0.6) is 5.75 Å². The van der Waals surface area contributed by atoms with E-state index in [1.165, 1.54) is 4.31 Å². The van der Waals surface area contributed by atoms with Gasteiger partial charge in [-0.05, 0) is 31.7 Å². The summed E-state index contributed by atoms with van der Waals surface area (Å²) in [5.74, 6) is 0.733. The molecule has 1 rings (SSSR count). The molecule has 0 aromatic heterocycles. The molecule has 120 valence electrons. The van der Waals surface area contributed by atoms with Crippen molar-refractivity contribution in [2.45, 2.75) is 39.1 Å². The van der Waals surface area contributed by atoms with Gasteiger partial charge in [-0.3, -0.25) is 0 Å². The lowest BCUT2D eigenvalue weighted by Gasteiger charge is -2.20. The normalized spacial score (nSPS) is 11.9. The summed E-state index contributed by atoms with van der Waals surface area (Å²) in [6.07, 6.45) is 0. The van der Waals surface area contributed by atoms with Crippen LogP contribution in [0.2, 0.25) is 0 Å². The van der Waals surface area contributed by atoms with Gasteiger partial charge in [-0.2, -0.15) is 4.31 Å². The highest BCUT2D eigenvalue weighted by molar-refractivity contribution is 7.89. The molecule has 1 aromatic rings. The Kier molecular flexibility index (Phi) is 7.14. The van der Waals surface area contributed by atoms with Gasteiger partial charge in [0.2, 0.25) is 10.0 Å². The summed E-state index contributed by atoms with van der Waals surface area (Å²) < 4.78 is 32.1. The lowest BCUT2D eigenvalue weighted by Crippen LogP contribution is -2.30. The van der Waals surface area contributed by atoms with Gasteiger partial charge >= 0.3 is 0 Å². The summed E-state index contributed by atoms with van der Waals surface area (Å²) in [7, 11) is -3.43. The fraction of sp³-hybridized carbons (Fsp3) is 0.600. The number of rotatable bonds is 9. The molecule has 0 unspecified atom stereocenters. The maximum Gasteiger partial charge on any atom is 0.243 e. The van der Waals surface area contributed by atoms with Crippen molar-refractivity contribution < 1.29 is 13.2 Å². The molecule has 0 aliphatic carbocycles. The second-order valence-electron chi connectivity index (χ2n) is 4.57. The Morgan fingerprint density at radius 3 is 2.33 bits per heavy atom. The van der Waals surface area contributed by atoms with Gasteiger partial charge in [-0.1, -0.05) is 20.8 Å². The van der Waals surface area contributed by atoms with Crippen LogP contribution in [0.4, 0.5) is 0 Å². The Labute approximate surface area is 128 Å².